The molecule has 0 radical (unpaired) electrons. The minimum atomic E-state index is -0.917. The highest BCUT2D eigenvalue weighted by Gasteiger charge is 2.81. The molecule has 2 aliphatic rings. The minimum Gasteiger partial charge on any atom is -0.338 e. The van der Waals surface area contributed by atoms with Gasteiger partial charge in [-0.05, 0) is 11.1 Å². The van der Waals surface area contributed by atoms with E-state index in [2.05, 4.69) is 0 Å². The van der Waals surface area contributed by atoms with Crippen LogP contribution in [0.15, 0.2) is 84.9 Å². The van der Waals surface area contributed by atoms with Crippen LogP contribution >= 0.6 is 0 Å². The second-order valence-electron chi connectivity index (χ2n) is 6.07. The summed E-state index contributed by atoms with van der Waals surface area (Å²) in [6.07, 6.45) is 0. The van der Waals surface area contributed by atoms with Crippen molar-refractivity contribution in [3.8, 4) is 0 Å². The van der Waals surface area contributed by atoms with E-state index in [1.54, 1.807) is 0 Å². The Balaban J connectivity index is 1.83. The van der Waals surface area contributed by atoms with Crippen molar-refractivity contribution in [2.45, 2.75) is 11.2 Å². The van der Waals surface area contributed by atoms with Gasteiger partial charge < -0.3 is 4.74 Å². The molecule has 23 heavy (non-hydrogen) atoms. The molecular formula is C21H14O2. The molecule has 110 valence electrons. The highest BCUT2D eigenvalue weighted by atomic mass is 16.6. The maximum absolute atomic E-state index is 13.2. The van der Waals surface area contributed by atoms with Crippen LogP contribution < -0.4 is 0 Å². The van der Waals surface area contributed by atoms with Gasteiger partial charge in [-0.15, -0.1) is 0 Å². The lowest BCUT2D eigenvalue weighted by Gasteiger charge is -2.13. The van der Waals surface area contributed by atoms with Gasteiger partial charge in [0.25, 0.3) is 0 Å². The van der Waals surface area contributed by atoms with E-state index in [0.29, 0.717) is 0 Å². The summed E-state index contributed by atoms with van der Waals surface area (Å²) in [5.41, 5.74) is 2.08. The summed E-state index contributed by atoms with van der Waals surface area (Å²) in [6, 6.07) is 27.7. The molecule has 2 nitrogen and oxygen atoms in total. The number of rotatable bonds is 2. The van der Waals surface area contributed by atoms with Crippen molar-refractivity contribution in [3.63, 3.8) is 0 Å². The summed E-state index contributed by atoms with van der Waals surface area (Å²) in [4.78, 5) is 13.2. The molecule has 1 saturated heterocycles. The Morgan fingerprint density at radius 2 is 1.13 bits per heavy atom. The zero-order chi connectivity index (χ0) is 15.5. The van der Waals surface area contributed by atoms with Crippen LogP contribution in [0.3, 0.4) is 0 Å². The van der Waals surface area contributed by atoms with Crippen LogP contribution in [0.2, 0.25) is 0 Å². The van der Waals surface area contributed by atoms with Gasteiger partial charge in [0.15, 0.2) is 11.2 Å². The SMILES string of the molecule is O=C1c2ccccc2[C@@]2(c3ccccc3)O[C@@]12c1ccccc1. The van der Waals surface area contributed by atoms with Gasteiger partial charge in [0, 0.05) is 11.1 Å². The van der Waals surface area contributed by atoms with Crippen molar-refractivity contribution in [1.82, 2.24) is 0 Å². The van der Waals surface area contributed by atoms with Gasteiger partial charge >= 0.3 is 0 Å². The maximum Gasteiger partial charge on any atom is 0.203 e. The zero-order valence-corrected chi connectivity index (χ0v) is 12.4. The fourth-order valence-electron chi connectivity index (χ4n) is 3.99. The topological polar surface area (TPSA) is 29.6 Å². The number of hydrogen-bond donors (Lipinski definition) is 0. The fraction of sp³-hybridized carbons (Fsp3) is 0.0952. The Morgan fingerprint density at radius 1 is 0.609 bits per heavy atom. The number of benzene rings is 3. The van der Waals surface area contributed by atoms with E-state index >= 15 is 0 Å². The van der Waals surface area contributed by atoms with Crippen molar-refractivity contribution in [2.75, 3.05) is 0 Å². The van der Waals surface area contributed by atoms with Crippen molar-refractivity contribution in [2.24, 2.45) is 0 Å². The van der Waals surface area contributed by atoms with Gasteiger partial charge in [0.05, 0.1) is 0 Å². The number of carbonyl (C=O) groups is 1. The normalized spacial score (nSPS) is 27.4. The number of Topliss-reactive ketones (excluding diaryl/α,β-unsaturated/α-hetero) is 1. The smallest absolute Gasteiger partial charge is 0.203 e. The molecule has 2 heteroatoms. The lowest BCUT2D eigenvalue weighted by atomic mass is 9.81. The van der Waals surface area contributed by atoms with Crippen LogP contribution in [0.1, 0.15) is 27.0 Å². The lowest BCUT2D eigenvalue weighted by Crippen LogP contribution is -2.24. The highest BCUT2D eigenvalue weighted by Crippen LogP contribution is 2.71. The summed E-state index contributed by atoms with van der Waals surface area (Å²) in [5.74, 6) is 0.0585. The van der Waals surface area contributed by atoms with Gasteiger partial charge in [0.2, 0.25) is 5.78 Å². The van der Waals surface area contributed by atoms with Gasteiger partial charge in [-0.2, -0.15) is 0 Å². The van der Waals surface area contributed by atoms with Crippen LogP contribution in [0, 0.1) is 0 Å². The monoisotopic (exact) mass is 298 g/mol. The second-order valence-corrected chi connectivity index (χ2v) is 6.07. The first kappa shape index (κ1) is 12.8. The Morgan fingerprint density at radius 3 is 1.78 bits per heavy atom. The average Bonchev–Trinajstić information content (AvgIpc) is 3.30. The molecular weight excluding hydrogens is 284 g/mol. The highest BCUT2D eigenvalue weighted by molar-refractivity contribution is 6.12. The third-order valence-electron chi connectivity index (χ3n) is 4.99. The van der Waals surface area contributed by atoms with E-state index in [9.17, 15) is 4.79 Å². The Bertz CT molecular complexity index is 917. The predicted molar refractivity (Wildman–Crippen MR) is 87.2 cm³/mol. The summed E-state index contributed by atoms with van der Waals surface area (Å²) in [7, 11) is 0. The van der Waals surface area contributed by atoms with Crippen LogP contribution in [0.5, 0.6) is 0 Å². The number of carbonyl (C=O) groups excluding carboxylic acids is 1. The first-order valence-electron chi connectivity index (χ1n) is 7.76. The summed E-state index contributed by atoms with van der Waals surface area (Å²) >= 11 is 0. The second kappa shape index (κ2) is 4.18. The third-order valence-corrected chi connectivity index (χ3v) is 4.99. The van der Waals surface area contributed by atoms with Crippen molar-refractivity contribution >= 4 is 5.78 Å². The van der Waals surface area contributed by atoms with Crippen LogP contribution in [-0.4, -0.2) is 5.78 Å². The van der Waals surface area contributed by atoms with Crippen LogP contribution in [0.25, 0.3) is 0 Å². The minimum absolute atomic E-state index is 0.0585. The summed E-state index contributed by atoms with van der Waals surface area (Å²) in [5, 5.41) is 0. The molecule has 0 saturated carbocycles. The fourth-order valence-corrected chi connectivity index (χ4v) is 3.99. The van der Waals surface area contributed by atoms with Gasteiger partial charge in [-0.1, -0.05) is 84.9 Å². The first-order valence-corrected chi connectivity index (χ1v) is 7.76. The van der Waals surface area contributed by atoms with Crippen molar-refractivity contribution in [1.29, 1.82) is 0 Å². The van der Waals surface area contributed by atoms with E-state index in [-0.39, 0.29) is 5.78 Å². The number of ketones is 1. The molecule has 3 aromatic rings. The summed E-state index contributed by atoms with van der Waals surface area (Å²) in [6.45, 7) is 0. The van der Waals surface area contributed by atoms with Gasteiger partial charge in [-0.3, -0.25) is 4.79 Å². The molecule has 0 N–H and O–H groups in total. The number of hydrogen-bond acceptors (Lipinski definition) is 2. The number of epoxide rings is 1. The molecule has 3 aromatic carbocycles. The van der Waals surface area contributed by atoms with Crippen LogP contribution in [-0.2, 0) is 15.9 Å². The third kappa shape index (κ3) is 1.35. The van der Waals surface area contributed by atoms with Crippen LogP contribution in [0.4, 0.5) is 0 Å². The molecule has 1 fully saturated rings. The Kier molecular flexibility index (Phi) is 2.33. The van der Waals surface area contributed by atoms with E-state index in [4.69, 9.17) is 4.74 Å². The van der Waals surface area contributed by atoms with Crippen molar-refractivity contribution in [3.05, 3.63) is 107 Å². The standard InChI is InChI=1S/C21H14O2/c22-19-17-13-7-8-14-18(17)20(15-9-3-1-4-10-15)21(19,23-20)16-11-5-2-6-12-16/h1-14H/t20-,21+/m1/s1. The van der Waals surface area contributed by atoms with E-state index < -0.39 is 11.2 Å². The predicted octanol–water partition coefficient (Wildman–Crippen LogP) is 4.05. The molecule has 2 atom stereocenters. The largest absolute Gasteiger partial charge is 0.338 e. The molecule has 0 amide bonds. The first-order chi connectivity index (χ1) is 11.3. The molecule has 0 spiro atoms. The Labute approximate surface area is 134 Å². The van der Waals surface area contributed by atoms with E-state index in [1.165, 1.54) is 0 Å². The van der Waals surface area contributed by atoms with Crippen molar-refractivity contribution < 1.29 is 9.53 Å². The van der Waals surface area contributed by atoms with E-state index in [0.717, 1.165) is 22.3 Å². The molecule has 0 bridgehead atoms. The molecule has 0 unspecified atom stereocenters. The van der Waals surface area contributed by atoms with Gasteiger partial charge in [-0.25, -0.2) is 0 Å². The Hall–Kier alpha value is -2.71. The van der Waals surface area contributed by atoms with Gasteiger partial charge in [0.1, 0.15) is 0 Å². The quantitative estimate of drug-likeness (QED) is 0.668. The molecule has 1 aliphatic carbocycles. The molecule has 0 aromatic heterocycles. The van der Waals surface area contributed by atoms with E-state index in [1.807, 2.05) is 84.9 Å². The average molecular weight is 298 g/mol. The zero-order valence-electron chi connectivity index (χ0n) is 12.4. The number of ether oxygens (including phenoxy) is 1. The summed E-state index contributed by atoms with van der Waals surface area (Å²) < 4.78 is 6.29. The molecule has 1 heterocycles. The molecule has 1 aliphatic heterocycles. The number of fused-ring (bicyclic) bond motifs is 3. The lowest BCUT2D eigenvalue weighted by molar-refractivity contribution is 0.0868. The molecule has 5 rings (SSSR count). The maximum atomic E-state index is 13.2.